The van der Waals surface area contributed by atoms with Crippen molar-refractivity contribution in [1.29, 1.82) is 0 Å². The Kier molecular flexibility index (Phi) is 6.90. The van der Waals surface area contributed by atoms with Crippen LogP contribution in [0.2, 0.25) is 0 Å². The molecule has 0 radical (unpaired) electrons. The molecule has 6 rings (SSSR count). The molecule has 3 aliphatic heterocycles. The molecule has 3 heterocycles. The molecule has 8 heteroatoms. The maximum Gasteiger partial charge on any atom is 0.246 e. The lowest BCUT2D eigenvalue weighted by Gasteiger charge is -2.36. The Labute approximate surface area is 235 Å². The Hall–Kier alpha value is -3.65. The van der Waals surface area contributed by atoms with E-state index in [1.807, 2.05) is 67.6 Å². The number of carbonyl (C=O) groups is 3. The van der Waals surface area contributed by atoms with Gasteiger partial charge in [-0.1, -0.05) is 56.2 Å². The summed E-state index contributed by atoms with van der Waals surface area (Å²) in [7, 11) is 1.60. The monoisotopic (exact) mass is 543 g/mol. The lowest BCUT2D eigenvalue weighted by molar-refractivity contribution is -0.142. The molecule has 0 unspecified atom stereocenters. The van der Waals surface area contributed by atoms with Crippen LogP contribution in [0.4, 0.5) is 5.69 Å². The molecule has 2 N–H and O–H groups in total. The van der Waals surface area contributed by atoms with E-state index in [-0.39, 0.29) is 30.3 Å². The molecule has 0 aromatic heterocycles. The molecule has 2 saturated heterocycles. The van der Waals surface area contributed by atoms with E-state index in [4.69, 9.17) is 9.47 Å². The minimum absolute atomic E-state index is 0.0495. The summed E-state index contributed by atoms with van der Waals surface area (Å²) in [6.07, 6.45) is 7.35. The summed E-state index contributed by atoms with van der Waals surface area (Å²) in [5.74, 6) is -1.23. The van der Waals surface area contributed by atoms with Gasteiger partial charge in [-0.05, 0) is 61.1 Å². The van der Waals surface area contributed by atoms with Gasteiger partial charge in [0.2, 0.25) is 17.7 Å². The van der Waals surface area contributed by atoms with Crippen molar-refractivity contribution in [2.45, 2.75) is 69.9 Å². The number of hydrogen-bond donors (Lipinski definition) is 2. The number of hydrogen-bond acceptors (Lipinski definition) is 5. The summed E-state index contributed by atoms with van der Waals surface area (Å²) in [4.78, 5) is 43.6. The molecule has 2 aromatic rings. The van der Waals surface area contributed by atoms with Crippen molar-refractivity contribution in [1.82, 2.24) is 10.2 Å². The zero-order valence-electron chi connectivity index (χ0n) is 23.3. The van der Waals surface area contributed by atoms with Crippen LogP contribution in [-0.4, -0.2) is 53.5 Å². The van der Waals surface area contributed by atoms with Crippen molar-refractivity contribution in [2.75, 3.05) is 12.4 Å². The van der Waals surface area contributed by atoms with E-state index < -0.39 is 29.6 Å². The highest BCUT2D eigenvalue weighted by Gasteiger charge is 2.72. The van der Waals surface area contributed by atoms with Gasteiger partial charge in [-0.2, -0.15) is 0 Å². The van der Waals surface area contributed by atoms with E-state index in [0.29, 0.717) is 17.4 Å². The zero-order chi connectivity index (χ0) is 28.0. The molecule has 1 saturated carbocycles. The number of methoxy groups -OCH3 is 1. The number of nitrogens with one attached hydrogen (secondary N) is 2. The van der Waals surface area contributed by atoms with E-state index >= 15 is 0 Å². The summed E-state index contributed by atoms with van der Waals surface area (Å²) < 4.78 is 11.9. The van der Waals surface area contributed by atoms with Crippen molar-refractivity contribution in [3.8, 4) is 5.75 Å². The first kappa shape index (κ1) is 26.6. The Bertz CT molecular complexity index is 1360. The molecule has 210 valence electrons. The van der Waals surface area contributed by atoms with Crippen LogP contribution in [0.1, 0.15) is 43.7 Å². The number of nitrogens with zero attached hydrogens (tertiary/aromatic N) is 1. The smallest absolute Gasteiger partial charge is 0.246 e. The maximum atomic E-state index is 14.2. The number of amides is 3. The highest BCUT2D eigenvalue weighted by atomic mass is 16.5. The first-order chi connectivity index (χ1) is 19.3. The van der Waals surface area contributed by atoms with E-state index in [2.05, 4.69) is 17.6 Å². The number of carbonyl (C=O) groups excluding carboxylic acids is 3. The Balaban J connectivity index is 1.34. The summed E-state index contributed by atoms with van der Waals surface area (Å²) in [5.41, 5.74) is 1.34. The molecule has 2 aromatic carbocycles. The average Bonchev–Trinajstić information content (AvgIpc) is 3.57. The van der Waals surface area contributed by atoms with Gasteiger partial charge in [0.1, 0.15) is 17.4 Å². The predicted molar refractivity (Wildman–Crippen MR) is 150 cm³/mol. The topological polar surface area (TPSA) is 97.0 Å². The van der Waals surface area contributed by atoms with Crippen LogP contribution in [0.25, 0.3) is 0 Å². The summed E-state index contributed by atoms with van der Waals surface area (Å²) in [6.45, 7) is 4.34. The summed E-state index contributed by atoms with van der Waals surface area (Å²) >= 11 is 0. The zero-order valence-corrected chi connectivity index (χ0v) is 23.3. The van der Waals surface area contributed by atoms with Crippen LogP contribution in [-0.2, 0) is 25.7 Å². The first-order valence-corrected chi connectivity index (χ1v) is 14.3. The molecular weight excluding hydrogens is 506 g/mol. The standard InChI is InChI=1S/C32H37N3O5/c1-19-8-6-11-22(16-19)33-29(36)26-25-14-15-32(40-25)27(26)31(38)35(18-21-10-7-12-23(17-21)39-3)28(32)30(37)34-24-13-5-4-9-20(24)2/h6-8,10-12,14-17,20,24-28H,4-5,9,13,18H2,1-3H3,(H,33,36)(H,34,37)/t20-,24-,25-,26-,27-,28+,32+/m1/s1. The van der Waals surface area contributed by atoms with Crippen molar-refractivity contribution < 1.29 is 23.9 Å². The van der Waals surface area contributed by atoms with Crippen molar-refractivity contribution in [2.24, 2.45) is 17.8 Å². The van der Waals surface area contributed by atoms with E-state index in [9.17, 15) is 14.4 Å². The van der Waals surface area contributed by atoms with E-state index in [1.54, 1.807) is 12.0 Å². The van der Waals surface area contributed by atoms with Crippen LogP contribution < -0.4 is 15.4 Å². The first-order valence-electron chi connectivity index (χ1n) is 14.3. The minimum atomic E-state index is -1.20. The third-order valence-electron chi connectivity index (χ3n) is 9.14. The van der Waals surface area contributed by atoms with Crippen LogP contribution in [0.5, 0.6) is 5.75 Å². The number of anilines is 1. The minimum Gasteiger partial charge on any atom is -0.497 e. The molecule has 3 amide bonds. The van der Waals surface area contributed by atoms with Gasteiger partial charge >= 0.3 is 0 Å². The fraction of sp³-hybridized carbons (Fsp3) is 0.469. The molecule has 8 nitrogen and oxygen atoms in total. The van der Waals surface area contributed by atoms with Gasteiger partial charge in [-0.25, -0.2) is 0 Å². The Morgan fingerprint density at radius 1 is 1.10 bits per heavy atom. The second-order valence-corrected chi connectivity index (χ2v) is 11.8. The number of aryl methyl sites for hydroxylation is 1. The van der Waals surface area contributed by atoms with Gasteiger partial charge in [0.15, 0.2) is 0 Å². The van der Waals surface area contributed by atoms with Crippen LogP contribution in [0.15, 0.2) is 60.7 Å². The van der Waals surface area contributed by atoms with E-state index in [0.717, 1.165) is 36.8 Å². The second kappa shape index (κ2) is 10.4. The Morgan fingerprint density at radius 3 is 2.67 bits per heavy atom. The SMILES string of the molecule is COc1cccc(CN2C(=O)[C@H]3[C@H](C(=O)Nc4cccc(C)c4)[C@H]4C=C[C@@]3(O4)[C@@H]2C(=O)N[C@@H]2CCCC[C@H]2C)c1. The number of fused-ring (bicyclic) bond motifs is 1. The molecule has 3 fully saturated rings. The molecular formula is C32H37N3O5. The predicted octanol–water partition coefficient (Wildman–Crippen LogP) is 3.99. The highest BCUT2D eigenvalue weighted by Crippen LogP contribution is 2.55. The molecule has 1 aliphatic carbocycles. The van der Waals surface area contributed by atoms with Crippen LogP contribution >= 0.6 is 0 Å². The normalized spacial score (nSPS) is 32.2. The fourth-order valence-electron chi connectivity index (χ4n) is 7.15. The Morgan fingerprint density at radius 2 is 1.90 bits per heavy atom. The number of likely N-dealkylation sites (tertiary alicyclic amines) is 1. The summed E-state index contributed by atoms with van der Waals surface area (Å²) in [6, 6.07) is 14.2. The van der Waals surface area contributed by atoms with Gasteiger partial charge in [-0.3, -0.25) is 14.4 Å². The molecule has 4 aliphatic rings. The van der Waals surface area contributed by atoms with Gasteiger partial charge in [0.05, 0.1) is 25.0 Å². The molecule has 1 spiro atoms. The quantitative estimate of drug-likeness (QED) is 0.515. The van der Waals surface area contributed by atoms with Gasteiger partial charge < -0.3 is 25.0 Å². The maximum absolute atomic E-state index is 14.2. The number of ether oxygens (including phenoxy) is 2. The summed E-state index contributed by atoms with van der Waals surface area (Å²) in [5, 5.41) is 6.27. The highest BCUT2D eigenvalue weighted by molar-refractivity contribution is 6.02. The largest absolute Gasteiger partial charge is 0.497 e. The van der Waals surface area contributed by atoms with Gasteiger partial charge in [0, 0.05) is 18.3 Å². The van der Waals surface area contributed by atoms with Gasteiger partial charge in [0.25, 0.3) is 0 Å². The van der Waals surface area contributed by atoms with Crippen molar-refractivity contribution >= 4 is 23.4 Å². The van der Waals surface area contributed by atoms with Crippen molar-refractivity contribution in [3.63, 3.8) is 0 Å². The van der Waals surface area contributed by atoms with Gasteiger partial charge in [-0.15, -0.1) is 0 Å². The third-order valence-corrected chi connectivity index (χ3v) is 9.14. The van der Waals surface area contributed by atoms with E-state index in [1.165, 1.54) is 0 Å². The average molecular weight is 544 g/mol. The lowest BCUT2D eigenvalue weighted by atomic mass is 9.74. The number of benzene rings is 2. The third kappa shape index (κ3) is 4.48. The van der Waals surface area contributed by atoms with Crippen LogP contribution in [0, 0.1) is 24.7 Å². The number of rotatable bonds is 7. The molecule has 2 bridgehead atoms. The second-order valence-electron chi connectivity index (χ2n) is 11.8. The van der Waals surface area contributed by atoms with Crippen LogP contribution in [0.3, 0.4) is 0 Å². The van der Waals surface area contributed by atoms with Crippen molar-refractivity contribution in [3.05, 3.63) is 71.8 Å². The molecule has 40 heavy (non-hydrogen) atoms. The fourth-order valence-corrected chi connectivity index (χ4v) is 7.15. The molecule has 7 atom stereocenters. The lowest BCUT2D eigenvalue weighted by Crippen LogP contribution is -2.57.